The summed E-state index contributed by atoms with van der Waals surface area (Å²) in [7, 11) is 0. The van der Waals surface area contributed by atoms with Crippen molar-refractivity contribution in [3.05, 3.63) is 36.0 Å². The summed E-state index contributed by atoms with van der Waals surface area (Å²) in [6.07, 6.45) is 11.9. The minimum atomic E-state index is -0.672. The molecule has 0 radical (unpaired) electrons. The lowest BCUT2D eigenvalue weighted by Crippen LogP contribution is -2.13. The lowest BCUT2D eigenvalue weighted by molar-refractivity contribution is -0.143. The van der Waals surface area contributed by atoms with Crippen molar-refractivity contribution < 1.29 is 9.90 Å². The van der Waals surface area contributed by atoms with Crippen LogP contribution in [0.2, 0.25) is 0 Å². The molecule has 1 N–H and O–H groups in total. The van der Waals surface area contributed by atoms with Crippen molar-refractivity contribution in [2.24, 2.45) is 11.3 Å². The van der Waals surface area contributed by atoms with Crippen LogP contribution < -0.4 is 0 Å². The van der Waals surface area contributed by atoms with Crippen LogP contribution in [0.1, 0.15) is 19.8 Å². The van der Waals surface area contributed by atoms with Gasteiger partial charge in [0.05, 0.1) is 5.41 Å². The molecule has 0 aliphatic heterocycles. The summed E-state index contributed by atoms with van der Waals surface area (Å²) in [5.74, 6) is -0.454. The first kappa shape index (κ1) is 9.25. The Hall–Kier alpha value is -1.31. The highest BCUT2D eigenvalue weighted by Gasteiger charge is 2.57. The number of hydrogen-bond donors (Lipinski definition) is 1. The Morgan fingerprint density at radius 2 is 2.36 bits per heavy atom. The molecule has 1 saturated carbocycles. The summed E-state index contributed by atoms with van der Waals surface area (Å²) >= 11 is 0. The van der Waals surface area contributed by atoms with Gasteiger partial charge in [-0.3, -0.25) is 4.79 Å². The van der Waals surface area contributed by atoms with Gasteiger partial charge in [-0.1, -0.05) is 30.4 Å². The number of hydrogen-bond acceptors (Lipinski definition) is 1. The van der Waals surface area contributed by atoms with Crippen molar-refractivity contribution in [1.29, 1.82) is 0 Å². The Balaban J connectivity index is 2.13. The molecule has 0 spiro atoms. The Labute approximate surface area is 83.6 Å². The van der Waals surface area contributed by atoms with E-state index in [2.05, 4.69) is 12.2 Å². The SMILES string of the molecule is CC1(C(=O)O)CC1C1=CCC=CC=C1. The molecule has 74 valence electrons. The highest BCUT2D eigenvalue weighted by atomic mass is 16.4. The Morgan fingerprint density at radius 3 is 3.00 bits per heavy atom. The van der Waals surface area contributed by atoms with Gasteiger partial charge >= 0.3 is 5.97 Å². The van der Waals surface area contributed by atoms with Crippen LogP contribution in [-0.2, 0) is 4.79 Å². The van der Waals surface area contributed by atoms with Crippen LogP contribution in [0.15, 0.2) is 36.0 Å². The van der Waals surface area contributed by atoms with Crippen molar-refractivity contribution in [2.45, 2.75) is 19.8 Å². The molecule has 2 aliphatic rings. The number of carboxylic acids is 1. The highest BCUT2D eigenvalue weighted by Crippen LogP contribution is 2.56. The van der Waals surface area contributed by atoms with Gasteiger partial charge in [0.15, 0.2) is 0 Å². The maximum Gasteiger partial charge on any atom is 0.309 e. The van der Waals surface area contributed by atoms with E-state index >= 15 is 0 Å². The molecule has 2 aliphatic carbocycles. The molecule has 0 aromatic heterocycles. The van der Waals surface area contributed by atoms with Crippen molar-refractivity contribution in [3.8, 4) is 0 Å². The summed E-state index contributed by atoms with van der Waals surface area (Å²) in [4.78, 5) is 11.0. The van der Waals surface area contributed by atoms with Crippen molar-refractivity contribution in [2.75, 3.05) is 0 Å². The summed E-state index contributed by atoms with van der Waals surface area (Å²) in [6, 6.07) is 0. The van der Waals surface area contributed by atoms with Gasteiger partial charge in [-0.05, 0) is 25.3 Å². The fraction of sp³-hybridized carbons (Fsp3) is 0.417. The van der Waals surface area contributed by atoms with E-state index in [9.17, 15) is 4.79 Å². The van der Waals surface area contributed by atoms with Crippen LogP contribution in [0, 0.1) is 11.3 Å². The van der Waals surface area contributed by atoms with Gasteiger partial charge in [-0.25, -0.2) is 0 Å². The van der Waals surface area contributed by atoms with Gasteiger partial charge in [0.2, 0.25) is 0 Å². The molecule has 2 rings (SSSR count). The van der Waals surface area contributed by atoms with Crippen molar-refractivity contribution >= 4 is 5.97 Å². The minimum Gasteiger partial charge on any atom is -0.481 e. The summed E-state index contributed by atoms with van der Waals surface area (Å²) in [5.41, 5.74) is 0.667. The molecule has 0 heterocycles. The van der Waals surface area contributed by atoms with E-state index in [1.807, 2.05) is 25.2 Å². The van der Waals surface area contributed by atoms with E-state index in [-0.39, 0.29) is 5.92 Å². The van der Waals surface area contributed by atoms with Crippen LogP contribution >= 0.6 is 0 Å². The predicted octanol–water partition coefficient (Wildman–Crippen LogP) is 2.54. The van der Waals surface area contributed by atoms with E-state index in [1.165, 1.54) is 5.57 Å². The molecule has 2 atom stereocenters. The average Bonchev–Trinajstić information content (AvgIpc) is 2.85. The molecular formula is C12H14O2. The number of rotatable bonds is 2. The Bertz CT molecular complexity index is 349. The van der Waals surface area contributed by atoms with E-state index in [4.69, 9.17) is 5.11 Å². The van der Waals surface area contributed by atoms with Gasteiger partial charge in [-0.2, -0.15) is 0 Å². The summed E-state index contributed by atoms with van der Waals surface area (Å²) < 4.78 is 0. The normalized spacial score (nSPS) is 34.9. The predicted molar refractivity (Wildman–Crippen MR) is 54.8 cm³/mol. The van der Waals surface area contributed by atoms with Crippen molar-refractivity contribution in [1.82, 2.24) is 0 Å². The molecule has 2 heteroatoms. The molecule has 1 fully saturated rings. The Morgan fingerprint density at radius 1 is 1.57 bits per heavy atom. The zero-order valence-electron chi connectivity index (χ0n) is 8.23. The quantitative estimate of drug-likeness (QED) is 0.726. The second-order valence-corrected chi connectivity index (χ2v) is 4.21. The van der Waals surface area contributed by atoms with Gasteiger partial charge < -0.3 is 5.11 Å². The van der Waals surface area contributed by atoms with Gasteiger partial charge in [0, 0.05) is 5.92 Å². The fourth-order valence-corrected chi connectivity index (χ4v) is 1.94. The van der Waals surface area contributed by atoms with E-state index in [1.54, 1.807) is 0 Å². The maximum atomic E-state index is 11.0. The molecule has 14 heavy (non-hydrogen) atoms. The first-order valence-corrected chi connectivity index (χ1v) is 4.91. The average molecular weight is 190 g/mol. The first-order chi connectivity index (χ1) is 6.64. The van der Waals surface area contributed by atoms with Gasteiger partial charge in [0.25, 0.3) is 0 Å². The zero-order valence-corrected chi connectivity index (χ0v) is 8.23. The lowest BCUT2D eigenvalue weighted by atomic mass is 10.0. The van der Waals surface area contributed by atoms with Gasteiger partial charge in [-0.15, -0.1) is 0 Å². The second-order valence-electron chi connectivity index (χ2n) is 4.21. The third kappa shape index (κ3) is 1.41. The molecule has 0 aromatic carbocycles. The molecule has 2 nitrogen and oxygen atoms in total. The van der Waals surface area contributed by atoms with E-state index < -0.39 is 11.4 Å². The second kappa shape index (κ2) is 3.12. The van der Waals surface area contributed by atoms with E-state index in [0.29, 0.717) is 0 Å². The van der Waals surface area contributed by atoms with Crippen LogP contribution in [0.3, 0.4) is 0 Å². The third-order valence-corrected chi connectivity index (χ3v) is 3.15. The van der Waals surface area contributed by atoms with Gasteiger partial charge in [0.1, 0.15) is 0 Å². The van der Waals surface area contributed by atoms with Crippen LogP contribution in [0.4, 0.5) is 0 Å². The largest absolute Gasteiger partial charge is 0.481 e. The molecular weight excluding hydrogens is 176 g/mol. The molecule has 0 amide bonds. The number of allylic oxidation sites excluding steroid dienone is 6. The lowest BCUT2D eigenvalue weighted by Gasteiger charge is -2.05. The topological polar surface area (TPSA) is 37.3 Å². The van der Waals surface area contributed by atoms with Crippen LogP contribution in [0.5, 0.6) is 0 Å². The minimum absolute atomic E-state index is 0.219. The maximum absolute atomic E-state index is 11.0. The molecule has 0 aromatic rings. The number of carbonyl (C=O) groups is 1. The monoisotopic (exact) mass is 190 g/mol. The molecule has 0 bridgehead atoms. The molecule has 2 unspecified atom stereocenters. The number of carboxylic acid groups (broad SMARTS) is 1. The van der Waals surface area contributed by atoms with Crippen LogP contribution in [0.25, 0.3) is 0 Å². The third-order valence-electron chi connectivity index (χ3n) is 3.15. The zero-order chi connectivity index (χ0) is 10.2. The smallest absolute Gasteiger partial charge is 0.309 e. The first-order valence-electron chi connectivity index (χ1n) is 4.91. The fourth-order valence-electron chi connectivity index (χ4n) is 1.94. The van der Waals surface area contributed by atoms with E-state index in [0.717, 1.165) is 12.8 Å². The summed E-state index contributed by atoms with van der Waals surface area (Å²) in [5, 5.41) is 9.02. The number of aliphatic carboxylic acids is 1. The standard InChI is InChI=1S/C12H14O2/c1-12(11(13)14)8-10(12)9-6-4-2-3-5-7-9/h2-4,6-7,10H,5,8H2,1H3,(H,13,14). The highest BCUT2D eigenvalue weighted by molar-refractivity contribution is 5.79. The Kier molecular flexibility index (Phi) is 2.06. The summed E-state index contributed by atoms with van der Waals surface area (Å²) in [6.45, 7) is 1.83. The van der Waals surface area contributed by atoms with Crippen molar-refractivity contribution in [3.63, 3.8) is 0 Å². The van der Waals surface area contributed by atoms with Crippen LogP contribution in [-0.4, -0.2) is 11.1 Å². The molecule has 0 saturated heterocycles.